The molecule has 0 radical (unpaired) electrons. The van der Waals surface area contributed by atoms with E-state index in [1.54, 1.807) is 0 Å². The largest absolute Gasteiger partial charge is 0.330 e. The summed E-state index contributed by atoms with van der Waals surface area (Å²) in [5, 5.41) is 3.85. The lowest BCUT2D eigenvalue weighted by molar-refractivity contribution is 0.712. The van der Waals surface area contributed by atoms with E-state index in [9.17, 15) is 0 Å². The Morgan fingerprint density at radius 2 is 2.00 bits per heavy atom. The summed E-state index contributed by atoms with van der Waals surface area (Å²) in [5.41, 5.74) is 2.23. The maximum Gasteiger partial charge on any atom is 0.122 e. The van der Waals surface area contributed by atoms with Crippen molar-refractivity contribution in [3.05, 3.63) is 41.3 Å². The average molecular weight is 236 g/mol. The molecule has 0 aliphatic carbocycles. The first kappa shape index (κ1) is 11.2. The summed E-state index contributed by atoms with van der Waals surface area (Å²) in [6.45, 7) is 0.768. The van der Waals surface area contributed by atoms with Crippen LogP contribution >= 0.6 is 11.6 Å². The summed E-state index contributed by atoms with van der Waals surface area (Å²) in [7, 11) is 3.93. The number of nitrogens with one attached hydrogen (secondary N) is 1. The predicted molar refractivity (Wildman–Crippen MR) is 66.4 cm³/mol. The van der Waals surface area contributed by atoms with Gasteiger partial charge in [-0.15, -0.1) is 0 Å². The van der Waals surface area contributed by atoms with Gasteiger partial charge in [0.1, 0.15) is 5.82 Å². The van der Waals surface area contributed by atoms with E-state index in [1.807, 2.05) is 44.6 Å². The minimum atomic E-state index is 0.751. The van der Waals surface area contributed by atoms with Gasteiger partial charge in [0.15, 0.2) is 0 Å². The molecule has 0 aliphatic rings. The molecule has 1 N–H and O–H groups in total. The highest BCUT2D eigenvalue weighted by atomic mass is 35.5. The Labute approximate surface area is 100 Å². The highest BCUT2D eigenvalue weighted by Crippen LogP contribution is 2.21. The van der Waals surface area contributed by atoms with Crippen LogP contribution in [0.5, 0.6) is 0 Å². The summed E-state index contributed by atoms with van der Waals surface area (Å²) in [6.07, 6.45) is 1.88. The molecule has 2 rings (SSSR count). The molecule has 1 aromatic heterocycles. The Bertz CT molecular complexity index is 474. The van der Waals surface area contributed by atoms with Crippen molar-refractivity contribution in [1.29, 1.82) is 0 Å². The standard InChI is InChI=1S/C12H14ClN3/c1-14-8-12-15-7-11(16(12)2)9-3-5-10(13)6-4-9/h3-7,14H,8H2,1-2H3. The van der Waals surface area contributed by atoms with E-state index in [4.69, 9.17) is 11.6 Å². The molecule has 16 heavy (non-hydrogen) atoms. The fourth-order valence-electron chi connectivity index (χ4n) is 1.66. The van der Waals surface area contributed by atoms with Crippen LogP contribution in [0.2, 0.25) is 5.02 Å². The molecular weight excluding hydrogens is 222 g/mol. The van der Waals surface area contributed by atoms with E-state index in [2.05, 4.69) is 14.9 Å². The maximum absolute atomic E-state index is 5.86. The normalized spacial score (nSPS) is 10.7. The lowest BCUT2D eigenvalue weighted by atomic mass is 10.2. The lowest BCUT2D eigenvalue weighted by Gasteiger charge is -2.05. The molecule has 0 saturated carbocycles. The Balaban J connectivity index is 2.37. The van der Waals surface area contributed by atoms with Gasteiger partial charge in [0, 0.05) is 12.1 Å². The van der Waals surface area contributed by atoms with Gasteiger partial charge >= 0.3 is 0 Å². The second-order valence-corrected chi connectivity index (χ2v) is 4.09. The summed E-state index contributed by atoms with van der Waals surface area (Å²) in [6, 6.07) is 7.79. The van der Waals surface area contributed by atoms with E-state index < -0.39 is 0 Å². The van der Waals surface area contributed by atoms with Crippen molar-refractivity contribution in [2.75, 3.05) is 7.05 Å². The quantitative estimate of drug-likeness (QED) is 0.886. The van der Waals surface area contributed by atoms with Crippen molar-refractivity contribution in [1.82, 2.24) is 14.9 Å². The highest BCUT2D eigenvalue weighted by molar-refractivity contribution is 6.30. The SMILES string of the molecule is CNCc1ncc(-c2ccc(Cl)cc2)n1C. The van der Waals surface area contributed by atoms with Gasteiger partial charge in [-0.25, -0.2) is 4.98 Å². The van der Waals surface area contributed by atoms with Crippen molar-refractivity contribution >= 4 is 11.6 Å². The molecule has 0 spiro atoms. The molecule has 0 aliphatic heterocycles. The van der Waals surface area contributed by atoms with Crippen molar-refractivity contribution in [3.8, 4) is 11.3 Å². The number of rotatable bonds is 3. The molecule has 0 fully saturated rings. The van der Waals surface area contributed by atoms with Gasteiger partial charge in [0.25, 0.3) is 0 Å². The molecule has 84 valence electrons. The molecule has 2 aromatic rings. The van der Waals surface area contributed by atoms with Crippen molar-refractivity contribution < 1.29 is 0 Å². The molecule has 4 heteroatoms. The highest BCUT2D eigenvalue weighted by Gasteiger charge is 2.07. The molecule has 1 aromatic carbocycles. The fraction of sp³-hybridized carbons (Fsp3) is 0.250. The molecule has 0 unspecified atom stereocenters. The van der Waals surface area contributed by atoms with E-state index in [1.165, 1.54) is 0 Å². The van der Waals surface area contributed by atoms with Crippen LogP contribution in [0.25, 0.3) is 11.3 Å². The molecular formula is C12H14ClN3. The monoisotopic (exact) mass is 235 g/mol. The summed E-state index contributed by atoms with van der Waals surface area (Å²) < 4.78 is 2.08. The Kier molecular flexibility index (Phi) is 3.27. The van der Waals surface area contributed by atoms with Gasteiger partial charge in [0.05, 0.1) is 18.4 Å². The van der Waals surface area contributed by atoms with Gasteiger partial charge in [-0.3, -0.25) is 0 Å². The number of hydrogen-bond donors (Lipinski definition) is 1. The second kappa shape index (κ2) is 4.68. The fourth-order valence-corrected chi connectivity index (χ4v) is 1.79. The summed E-state index contributed by atoms with van der Waals surface area (Å²) in [4.78, 5) is 4.37. The third kappa shape index (κ3) is 2.10. The van der Waals surface area contributed by atoms with Crippen LogP contribution in [-0.4, -0.2) is 16.6 Å². The zero-order valence-electron chi connectivity index (χ0n) is 9.37. The van der Waals surface area contributed by atoms with E-state index in [-0.39, 0.29) is 0 Å². The van der Waals surface area contributed by atoms with Gasteiger partial charge in [-0.2, -0.15) is 0 Å². The smallest absolute Gasteiger partial charge is 0.122 e. The van der Waals surface area contributed by atoms with Crippen molar-refractivity contribution in [2.45, 2.75) is 6.54 Å². The third-order valence-corrected chi connectivity index (χ3v) is 2.81. The van der Waals surface area contributed by atoms with Crippen LogP contribution in [0.4, 0.5) is 0 Å². The minimum absolute atomic E-state index is 0.751. The number of aromatic nitrogens is 2. The number of hydrogen-bond acceptors (Lipinski definition) is 2. The maximum atomic E-state index is 5.86. The Morgan fingerprint density at radius 3 is 2.62 bits per heavy atom. The van der Waals surface area contributed by atoms with Crippen molar-refractivity contribution in [3.63, 3.8) is 0 Å². The average Bonchev–Trinajstić information content (AvgIpc) is 2.63. The van der Waals surface area contributed by atoms with Crippen LogP contribution < -0.4 is 5.32 Å². The summed E-state index contributed by atoms with van der Waals surface area (Å²) in [5.74, 6) is 1.02. The number of benzene rings is 1. The van der Waals surface area contributed by atoms with Crippen molar-refractivity contribution in [2.24, 2.45) is 7.05 Å². The zero-order valence-corrected chi connectivity index (χ0v) is 10.1. The first-order valence-electron chi connectivity index (χ1n) is 5.13. The Hall–Kier alpha value is -1.32. The van der Waals surface area contributed by atoms with Crippen LogP contribution in [0, 0.1) is 0 Å². The number of imidazole rings is 1. The van der Waals surface area contributed by atoms with Gasteiger partial charge < -0.3 is 9.88 Å². The molecule has 0 amide bonds. The van der Waals surface area contributed by atoms with Gasteiger partial charge in [0.2, 0.25) is 0 Å². The van der Waals surface area contributed by atoms with Gasteiger partial charge in [-0.05, 0) is 24.7 Å². The van der Waals surface area contributed by atoms with Crippen LogP contribution in [0.1, 0.15) is 5.82 Å². The predicted octanol–water partition coefficient (Wildman–Crippen LogP) is 2.46. The van der Waals surface area contributed by atoms with Gasteiger partial charge in [-0.1, -0.05) is 23.7 Å². The number of nitrogens with zero attached hydrogens (tertiary/aromatic N) is 2. The number of halogens is 1. The molecule has 0 bridgehead atoms. The van der Waals surface area contributed by atoms with Crippen LogP contribution in [-0.2, 0) is 13.6 Å². The molecule has 0 saturated heterocycles. The summed E-state index contributed by atoms with van der Waals surface area (Å²) >= 11 is 5.86. The van der Waals surface area contributed by atoms with E-state index >= 15 is 0 Å². The molecule has 0 atom stereocenters. The lowest BCUT2D eigenvalue weighted by Crippen LogP contribution is -2.10. The topological polar surface area (TPSA) is 29.9 Å². The second-order valence-electron chi connectivity index (χ2n) is 3.66. The van der Waals surface area contributed by atoms with Crippen LogP contribution in [0.3, 0.4) is 0 Å². The Morgan fingerprint density at radius 1 is 1.31 bits per heavy atom. The first-order chi connectivity index (χ1) is 7.72. The van der Waals surface area contributed by atoms with E-state index in [0.717, 1.165) is 28.6 Å². The zero-order chi connectivity index (χ0) is 11.5. The van der Waals surface area contributed by atoms with E-state index in [0.29, 0.717) is 0 Å². The first-order valence-corrected chi connectivity index (χ1v) is 5.51. The molecule has 3 nitrogen and oxygen atoms in total. The third-order valence-electron chi connectivity index (χ3n) is 2.56. The molecule has 1 heterocycles. The minimum Gasteiger partial charge on any atom is -0.330 e. The van der Waals surface area contributed by atoms with Crippen LogP contribution in [0.15, 0.2) is 30.5 Å².